The fourth-order valence-electron chi connectivity index (χ4n) is 2.59. The number of carboxylic acid groups (broad SMARTS) is 1. The SMILES string of the molecule is C[C@H](C(=O)O)C(=O)N1CCC(C(=O)c2ccc(Cl)cc2)CC1. The number of rotatable bonds is 4. The number of Topliss-reactive ketones (excluding diaryl/α,β-unsaturated/α-hetero) is 1. The number of piperidine rings is 1. The maximum atomic E-state index is 12.4. The van der Waals surface area contributed by atoms with Gasteiger partial charge in [0.15, 0.2) is 5.78 Å². The van der Waals surface area contributed by atoms with Gasteiger partial charge in [-0.2, -0.15) is 0 Å². The minimum Gasteiger partial charge on any atom is -0.481 e. The second kappa shape index (κ2) is 6.92. The average Bonchev–Trinajstić information content (AvgIpc) is 2.53. The number of benzene rings is 1. The normalized spacial score (nSPS) is 17.1. The zero-order valence-corrected chi connectivity index (χ0v) is 13.0. The van der Waals surface area contributed by atoms with Gasteiger partial charge in [0.25, 0.3) is 0 Å². The summed E-state index contributed by atoms with van der Waals surface area (Å²) >= 11 is 5.81. The summed E-state index contributed by atoms with van der Waals surface area (Å²) in [4.78, 5) is 36.7. The zero-order valence-electron chi connectivity index (χ0n) is 12.3. The summed E-state index contributed by atoms with van der Waals surface area (Å²) in [5.74, 6) is -2.63. The van der Waals surface area contributed by atoms with Gasteiger partial charge in [-0.15, -0.1) is 0 Å². The maximum absolute atomic E-state index is 12.4. The highest BCUT2D eigenvalue weighted by atomic mass is 35.5. The second-order valence-corrected chi connectivity index (χ2v) is 5.97. The number of aliphatic carboxylic acids is 1. The largest absolute Gasteiger partial charge is 0.481 e. The Balaban J connectivity index is 1.94. The quantitative estimate of drug-likeness (QED) is 0.682. The van der Waals surface area contributed by atoms with Crippen molar-refractivity contribution in [2.24, 2.45) is 11.8 Å². The lowest BCUT2D eigenvalue weighted by atomic mass is 9.88. The van der Waals surface area contributed by atoms with Crippen molar-refractivity contribution in [2.75, 3.05) is 13.1 Å². The van der Waals surface area contributed by atoms with Crippen LogP contribution < -0.4 is 0 Å². The van der Waals surface area contributed by atoms with Crippen LogP contribution in [0.5, 0.6) is 0 Å². The van der Waals surface area contributed by atoms with Crippen LogP contribution in [-0.4, -0.2) is 40.8 Å². The molecule has 5 nitrogen and oxygen atoms in total. The topological polar surface area (TPSA) is 74.7 Å². The van der Waals surface area contributed by atoms with Crippen LogP contribution in [0.2, 0.25) is 5.02 Å². The van der Waals surface area contributed by atoms with Gasteiger partial charge in [0.05, 0.1) is 0 Å². The molecule has 0 unspecified atom stereocenters. The monoisotopic (exact) mass is 323 g/mol. The van der Waals surface area contributed by atoms with Gasteiger partial charge in [0, 0.05) is 29.6 Å². The van der Waals surface area contributed by atoms with Crippen molar-refractivity contribution in [1.29, 1.82) is 0 Å². The number of likely N-dealkylation sites (tertiary alicyclic amines) is 1. The molecule has 6 heteroatoms. The van der Waals surface area contributed by atoms with Gasteiger partial charge in [-0.1, -0.05) is 11.6 Å². The first kappa shape index (κ1) is 16.5. The van der Waals surface area contributed by atoms with E-state index in [4.69, 9.17) is 16.7 Å². The predicted octanol–water partition coefficient (Wildman–Crippen LogP) is 2.48. The molecule has 118 valence electrons. The summed E-state index contributed by atoms with van der Waals surface area (Å²) in [6, 6.07) is 6.77. The van der Waals surface area contributed by atoms with Crippen molar-refractivity contribution < 1.29 is 19.5 Å². The number of amides is 1. The molecule has 1 saturated heterocycles. The van der Waals surface area contributed by atoms with Gasteiger partial charge in [-0.25, -0.2) is 0 Å². The lowest BCUT2D eigenvalue weighted by Crippen LogP contribution is -2.44. The number of hydrogen-bond acceptors (Lipinski definition) is 3. The highest BCUT2D eigenvalue weighted by Crippen LogP contribution is 2.23. The molecule has 0 spiro atoms. The van der Waals surface area contributed by atoms with E-state index >= 15 is 0 Å². The van der Waals surface area contributed by atoms with Gasteiger partial charge in [-0.3, -0.25) is 14.4 Å². The molecule has 1 fully saturated rings. The lowest BCUT2D eigenvalue weighted by molar-refractivity contribution is -0.150. The molecule has 0 radical (unpaired) electrons. The van der Waals surface area contributed by atoms with Crippen molar-refractivity contribution in [2.45, 2.75) is 19.8 Å². The molecule has 1 amide bonds. The fourth-order valence-corrected chi connectivity index (χ4v) is 2.72. The van der Waals surface area contributed by atoms with Gasteiger partial charge in [-0.05, 0) is 44.0 Å². The van der Waals surface area contributed by atoms with Crippen LogP contribution in [0.3, 0.4) is 0 Å². The number of carbonyl (C=O) groups is 3. The van der Waals surface area contributed by atoms with E-state index in [1.807, 2.05) is 0 Å². The Morgan fingerprint density at radius 2 is 1.73 bits per heavy atom. The van der Waals surface area contributed by atoms with E-state index < -0.39 is 11.9 Å². The molecule has 22 heavy (non-hydrogen) atoms. The van der Waals surface area contributed by atoms with Gasteiger partial charge >= 0.3 is 5.97 Å². The summed E-state index contributed by atoms with van der Waals surface area (Å²) in [5, 5.41) is 9.46. The maximum Gasteiger partial charge on any atom is 0.315 e. The van der Waals surface area contributed by atoms with E-state index in [2.05, 4.69) is 0 Å². The van der Waals surface area contributed by atoms with E-state index in [9.17, 15) is 14.4 Å². The standard InChI is InChI=1S/C16H18ClNO4/c1-10(16(21)22)15(20)18-8-6-12(7-9-18)14(19)11-2-4-13(17)5-3-11/h2-5,10,12H,6-9H2,1H3,(H,21,22)/t10-/m0/s1. The highest BCUT2D eigenvalue weighted by molar-refractivity contribution is 6.30. The summed E-state index contributed by atoms with van der Waals surface area (Å²) in [6.45, 7) is 2.22. The third-order valence-electron chi connectivity index (χ3n) is 4.05. The van der Waals surface area contributed by atoms with Crippen LogP contribution in [0.4, 0.5) is 0 Å². The third-order valence-corrected chi connectivity index (χ3v) is 4.30. The Morgan fingerprint density at radius 1 is 1.18 bits per heavy atom. The molecule has 0 saturated carbocycles. The average molecular weight is 324 g/mol. The molecular formula is C16H18ClNO4. The summed E-state index contributed by atoms with van der Waals surface area (Å²) in [6.07, 6.45) is 1.11. The van der Waals surface area contributed by atoms with E-state index in [0.29, 0.717) is 36.5 Å². The van der Waals surface area contributed by atoms with E-state index in [0.717, 1.165) is 0 Å². The zero-order chi connectivity index (χ0) is 16.3. The molecular weight excluding hydrogens is 306 g/mol. The lowest BCUT2D eigenvalue weighted by Gasteiger charge is -2.32. The molecule has 1 heterocycles. The Hall–Kier alpha value is -1.88. The molecule has 1 aliphatic rings. The van der Waals surface area contributed by atoms with E-state index in [1.54, 1.807) is 24.3 Å². The first-order valence-corrected chi connectivity index (χ1v) is 7.59. The first-order valence-electron chi connectivity index (χ1n) is 7.21. The Labute approximate surface area is 133 Å². The number of nitrogens with zero attached hydrogens (tertiary/aromatic N) is 1. The molecule has 1 atom stereocenters. The first-order chi connectivity index (χ1) is 10.4. The minimum atomic E-state index is -1.12. The Morgan fingerprint density at radius 3 is 2.23 bits per heavy atom. The summed E-state index contributed by atoms with van der Waals surface area (Å²) in [5.41, 5.74) is 0.619. The minimum absolute atomic E-state index is 0.0510. The highest BCUT2D eigenvalue weighted by Gasteiger charge is 2.31. The van der Waals surface area contributed by atoms with Crippen LogP contribution in [0.15, 0.2) is 24.3 Å². The van der Waals surface area contributed by atoms with Crippen LogP contribution in [0.25, 0.3) is 0 Å². The number of hydrogen-bond donors (Lipinski definition) is 1. The Kier molecular flexibility index (Phi) is 5.19. The van der Waals surface area contributed by atoms with Gasteiger partial charge < -0.3 is 10.0 Å². The van der Waals surface area contributed by atoms with Crippen LogP contribution >= 0.6 is 11.6 Å². The van der Waals surface area contributed by atoms with Crippen molar-refractivity contribution in [1.82, 2.24) is 4.90 Å². The van der Waals surface area contributed by atoms with Crippen molar-refractivity contribution >= 4 is 29.3 Å². The van der Waals surface area contributed by atoms with Crippen LogP contribution in [0.1, 0.15) is 30.1 Å². The predicted molar refractivity (Wildman–Crippen MR) is 81.9 cm³/mol. The van der Waals surface area contributed by atoms with Gasteiger partial charge in [0.1, 0.15) is 5.92 Å². The fraction of sp³-hybridized carbons (Fsp3) is 0.438. The summed E-state index contributed by atoms with van der Waals surface area (Å²) < 4.78 is 0. The molecule has 1 aliphatic heterocycles. The molecule has 1 aromatic rings. The Bertz CT molecular complexity index is 576. The van der Waals surface area contributed by atoms with E-state index in [-0.39, 0.29) is 17.6 Å². The molecule has 0 aromatic heterocycles. The molecule has 1 aromatic carbocycles. The van der Waals surface area contributed by atoms with Gasteiger partial charge in [0.2, 0.25) is 5.91 Å². The number of halogens is 1. The van der Waals surface area contributed by atoms with Crippen LogP contribution in [-0.2, 0) is 9.59 Å². The molecule has 0 bridgehead atoms. The smallest absolute Gasteiger partial charge is 0.315 e. The van der Waals surface area contributed by atoms with Crippen LogP contribution in [0, 0.1) is 11.8 Å². The third kappa shape index (κ3) is 3.65. The number of carbonyl (C=O) groups excluding carboxylic acids is 2. The van der Waals surface area contributed by atoms with E-state index in [1.165, 1.54) is 11.8 Å². The second-order valence-electron chi connectivity index (χ2n) is 5.53. The van der Waals surface area contributed by atoms with Crippen molar-refractivity contribution in [3.8, 4) is 0 Å². The molecule has 1 N–H and O–H groups in total. The number of ketones is 1. The van der Waals surface area contributed by atoms with Crippen molar-refractivity contribution in [3.63, 3.8) is 0 Å². The number of carboxylic acids is 1. The molecule has 2 rings (SSSR count). The summed E-state index contributed by atoms with van der Waals surface area (Å²) in [7, 11) is 0. The molecule has 0 aliphatic carbocycles. The van der Waals surface area contributed by atoms with Crippen molar-refractivity contribution in [3.05, 3.63) is 34.9 Å².